The van der Waals surface area contributed by atoms with Crippen molar-refractivity contribution in [3.8, 4) is 0 Å². The van der Waals surface area contributed by atoms with Gasteiger partial charge in [0, 0.05) is 18.3 Å². The second-order valence-electron chi connectivity index (χ2n) is 4.82. The summed E-state index contributed by atoms with van der Waals surface area (Å²) in [6.07, 6.45) is 2.76. The van der Waals surface area contributed by atoms with Gasteiger partial charge in [-0.25, -0.2) is 4.98 Å². The molecule has 20 heavy (non-hydrogen) atoms. The number of nitrogens with zero attached hydrogens (tertiary/aromatic N) is 1. The average molecular weight is 285 g/mol. The fourth-order valence-electron chi connectivity index (χ4n) is 2.01. The molecule has 4 heteroatoms. The molecule has 1 unspecified atom stereocenters. The van der Waals surface area contributed by atoms with Crippen molar-refractivity contribution in [2.45, 2.75) is 19.3 Å². The second kappa shape index (κ2) is 7.01. The number of pyridine rings is 1. The van der Waals surface area contributed by atoms with Gasteiger partial charge >= 0.3 is 0 Å². The van der Waals surface area contributed by atoms with Crippen LogP contribution in [0.4, 0.5) is 5.82 Å². The molecule has 0 aliphatic rings. The highest BCUT2D eigenvalue weighted by Crippen LogP contribution is 2.18. The van der Waals surface area contributed by atoms with Gasteiger partial charge in [0.05, 0.1) is 0 Å². The van der Waals surface area contributed by atoms with E-state index >= 15 is 0 Å². The van der Waals surface area contributed by atoms with Crippen LogP contribution in [0.5, 0.6) is 0 Å². The molecule has 0 radical (unpaired) electrons. The zero-order valence-electron chi connectivity index (χ0n) is 11.5. The van der Waals surface area contributed by atoms with E-state index in [9.17, 15) is 0 Å². The van der Waals surface area contributed by atoms with Gasteiger partial charge in [0.25, 0.3) is 0 Å². The molecule has 3 nitrogen and oxygen atoms in total. The van der Waals surface area contributed by atoms with Crippen LogP contribution >= 0.6 is 12.2 Å². The maximum absolute atomic E-state index is 5.54. The molecule has 0 amide bonds. The summed E-state index contributed by atoms with van der Waals surface area (Å²) in [5.74, 6) is 1.38. The molecule has 0 aliphatic carbocycles. The van der Waals surface area contributed by atoms with Gasteiger partial charge < -0.3 is 11.1 Å². The molecule has 1 aromatic heterocycles. The number of hydrogen-bond donors (Lipinski definition) is 2. The van der Waals surface area contributed by atoms with Crippen molar-refractivity contribution in [3.63, 3.8) is 0 Å². The van der Waals surface area contributed by atoms with Crippen molar-refractivity contribution in [2.24, 2.45) is 5.73 Å². The molecule has 1 atom stereocenters. The van der Waals surface area contributed by atoms with E-state index in [0.29, 0.717) is 10.9 Å². The van der Waals surface area contributed by atoms with Crippen LogP contribution in [0.3, 0.4) is 0 Å². The van der Waals surface area contributed by atoms with Crippen molar-refractivity contribution < 1.29 is 0 Å². The molecule has 0 saturated carbocycles. The Morgan fingerprint density at radius 2 is 2.00 bits per heavy atom. The van der Waals surface area contributed by atoms with E-state index in [1.807, 2.05) is 18.2 Å². The minimum absolute atomic E-state index is 0.377. The lowest BCUT2D eigenvalue weighted by atomic mass is 9.98. The number of thiocarbonyl (C=S) groups is 1. The average Bonchev–Trinajstić information content (AvgIpc) is 2.48. The highest BCUT2D eigenvalue weighted by atomic mass is 32.1. The van der Waals surface area contributed by atoms with Gasteiger partial charge in [-0.15, -0.1) is 0 Å². The first kappa shape index (κ1) is 14.5. The van der Waals surface area contributed by atoms with Crippen molar-refractivity contribution in [2.75, 3.05) is 11.9 Å². The van der Waals surface area contributed by atoms with Crippen molar-refractivity contribution in [3.05, 3.63) is 59.8 Å². The molecule has 1 heterocycles. The van der Waals surface area contributed by atoms with Gasteiger partial charge in [0.15, 0.2) is 0 Å². The highest BCUT2D eigenvalue weighted by Gasteiger charge is 2.04. The predicted octanol–water partition coefficient (Wildman–Crippen LogP) is 3.32. The van der Waals surface area contributed by atoms with E-state index < -0.39 is 0 Å². The van der Waals surface area contributed by atoms with Gasteiger partial charge in [-0.3, -0.25) is 0 Å². The fraction of sp³-hybridized carbons (Fsp3) is 0.250. The number of nitrogens with one attached hydrogen (secondary N) is 1. The molecule has 104 valence electrons. The Balaban J connectivity index is 1.82. The monoisotopic (exact) mass is 285 g/mol. The zero-order valence-corrected chi connectivity index (χ0v) is 12.4. The Morgan fingerprint density at radius 1 is 1.25 bits per heavy atom. The maximum Gasteiger partial charge on any atom is 0.125 e. The maximum atomic E-state index is 5.54. The van der Waals surface area contributed by atoms with Crippen molar-refractivity contribution in [1.29, 1.82) is 0 Å². The van der Waals surface area contributed by atoms with Crippen LogP contribution in [0.25, 0.3) is 0 Å². The molecule has 2 rings (SSSR count). The molecule has 0 aliphatic heterocycles. The lowest BCUT2D eigenvalue weighted by Crippen LogP contribution is -2.11. The van der Waals surface area contributed by atoms with Crippen LogP contribution in [0.2, 0.25) is 0 Å². The van der Waals surface area contributed by atoms with E-state index in [4.69, 9.17) is 18.0 Å². The second-order valence-corrected chi connectivity index (χ2v) is 5.26. The Hall–Kier alpha value is -1.94. The molecule has 1 aromatic carbocycles. The van der Waals surface area contributed by atoms with Gasteiger partial charge in [-0.1, -0.05) is 49.5 Å². The number of anilines is 1. The Morgan fingerprint density at radius 3 is 2.60 bits per heavy atom. The highest BCUT2D eigenvalue weighted by molar-refractivity contribution is 7.80. The largest absolute Gasteiger partial charge is 0.389 e. The summed E-state index contributed by atoms with van der Waals surface area (Å²) in [7, 11) is 0. The van der Waals surface area contributed by atoms with Crippen LogP contribution in [-0.4, -0.2) is 16.5 Å². The Labute approximate surface area is 125 Å². The van der Waals surface area contributed by atoms with Crippen molar-refractivity contribution in [1.82, 2.24) is 4.98 Å². The van der Waals surface area contributed by atoms with Crippen molar-refractivity contribution >= 4 is 23.0 Å². The van der Waals surface area contributed by atoms with E-state index in [1.165, 1.54) is 5.56 Å². The molecule has 0 saturated heterocycles. The van der Waals surface area contributed by atoms with E-state index in [0.717, 1.165) is 24.3 Å². The Bertz CT molecular complexity index is 552. The molecular formula is C16H19N3S. The number of rotatable bonds is 6. The number of aromatic nitrogens is 1. The van der Waals surface area contributed by atoms with Crippen LogP contribution in [0.1, 0.15) is 30.4 Å². The minimum atomic E-state index is 0.377. The first-order valence-corrected chi connectivity index (χ1v) is 7.12. The van der Waals surface area contributed by atoms with Gasteiger partial charge in [-0.2, -0.15) is 0 Å². The summed E-state index contributed by atoms with van der Waals surface area (Å²) >= 11 is 4.90. The smallest absolute Gasteiger partial charge is 0.125 e. The lowest BCUT2D eigenvalue weighted by Gasteiger charge is -2.12. The van der Waals surface area contributed by atoms with E-state index in [1.54, 1.807) is 6.20 Å². The number of nitrogens with two attached hydrogens (primary N) is 1. The first-order valence-electron chi connectivity index (χ1n) is 6.71. The summed E-state index contributed by atoms with van der Waals surface area (Å²) < 4.78 is 0. The summed E-state index contributed by atoms with van der Waals surface area (Å²) in [6.45, 7) is 3.12. The molecule has 0 spiro atoms. The van der Waals surface area contributed by atoms with Gasteiger partial charge in [0.1, 0.15) is 10.8 Å². The Kier molecular flexibility index (Phi) is 5.07. The van der Waals surface area contributed by atoms with Crippen LogP contribution in [0, 0.1) is 0 Å². The summed E-state index contributed by atoms with van der Waals surface area (Å²) in [5.41, 5.74) is 7.70. The molecule has 3 N–H and O–H groups in total. The third-order valence-corrected chi connectivity index (χ3v) is 3.54. The molecule has 0 bridgehead atoms. The van der Waals surface area contributed by atoms with Gasteiger partial charge in [0.2, 0.25) is 0 Å². The SMILES string of the molecule is CC(CCNc1ccc(C(N)=S)cn1)c1ccccc1. The van der Waals surface area contributed by atoms with Gasteiger partial charge in [-0.05, 0) is 30.0 Å². The number of benzene rings is 1. The van der Waals surface area contributed by atoms with E-state index in [-0.39, 0.29) is 0 Å². The number of hydrogen-bond acceptors (Lipinski definition) is 3. The summed E-state index contributed by atoms with van der Waals surface area (Å²) in [6, 6.07) is 14.3. The fourth-order valence-corrected chi connectivity index (χ4v) is 2.13. The molecule has 0 fully saturated rings. The minimum Gasteiger partial charge on any atom is -0.389 e. The zero-order chi connectivity index (χ0) is 14.4. The topological polar surface area (TPSA) is 50.9 Å². The van der Waals surface area contributed by atoms with E-state index in [2.05, 4.69) is 41.5 Å². The standard InChI is InChI=1S/C16H19N3S/c1-12(13-5-3-2-4-6-13)9-10-18-15-8-7-14(11-19-15)16(17)20/h2-8,11-12H,9-10H2,1H3,(H2,17,20)(H,18,19). The van der Waals surface area contributed by atoms with Crippen LogP contribution in [0.15, 0.2) is 48.7 Å². The normalized spacial score (nSPS) is 11.8. The van der Waals surface area contributed by atoms with Crippen LogP contribution in [-0.2, 0) is 0 Å². The lowest BCUT2D eigenvalue weighted by molar-refractivity contribution is 0.705. The third-order valence-electron chi connectivity index (χ3n) is 3.30. The quantitative estimate of drug-likeness (QED) is 0.799. The third kappa shape index (κ3) is 4.03. The molecular weight excluding hydrogens is 266 g/mol. The predicted molar refractivity (Wildman–Crippen MR) is 88.1 cm³/mol. The summed E-state index contributed by atoms with van der Waals surface area (Å²) in [5, 5.41) is 3.32. The first-order chi connectivity index (χ1) is 9.66. The molecule has 2 aromatic rings. The van der Waals surface area contributed by atoms with Crippen LogP contribution < -0.4 is 11.1 Å². The summed E-state index contributed by atoms with van der Waals surface area (Å²) in [4.78, 5) is 4.67.